The molecule has 0 spiro atoms. The lowest BCUT2D eigenvalue weighted by molar-refractivity contribution is -0.138. The highest BCUT2D eigenvalue weighted by molar-refractivity contribution is 5.75. The Bertz CT molecular complexity index is 342. The molecule has 0 bridgehead atoms. The van der Waals surface area contributed by atoms with E-state index in [0.717, 1.165) is 13.0 Å². The summed E-state index contributed by atoms with van der Waals surface area (Å²) in [5, 5.41) is 8.73. The van der Waals surface area contributed by atoms with Gasteiger partial charge in [0.15, 0.2) is 0 Å². The maximum absolute atomic E-state index is 12.3. The standard InChI is InChI=1S/C12H21N3O4/c1-19-10-2-3-15(8-10)12(18)14-6-4-13(5-7-14)9-11(16)17/h10H,2-9H2,1H3,(H,16,17). The van der Waals surface area contributed by atoms with Crippen LogP contribution in [0.3, 0.4) is 0 Å². The summed E-state index contributed by atoms with van der Waals surface area (Å²) >= 11 is 0. The molecule has 2 rings (SSSR count). The molecule has 7 heteroatoms. The SMILES string of the molecule is COC1CCN(C(=O)N2CCN(CC(=O)O)CC2)C1. The topological polar surface area (TPSA) is 73.3 Å². The molecule has 2 saturated heterocycles. The van der Waals surface area contributed by atoms with Crippen molar-refractivity contribution in [1.82, 2.24) is 14.7 Å². The van der Waals surface area contributed by atoms with Gasteiger partial charge in [-0.1, -0.05) is 0 Å². The van der Waals surface area contributed by atoms with Gasteiger partial charge in [-0.25, -0.2) is 4.79 Å². The van der Waals surface area contributed by atoms with Crippen LogP contribution >= 0.6 is 0 Å². The second-order valence-corrected chi connectivity index (χ2v) is 5.03. The molecule has 108 valence electrons. The van der Waals surface area contributed by atoms with Gasteiger partial charge in [-0.05, 0) is 6.42 Å². The summed E-state index contributed by atoms with van der Waals surface area (Å²) in [6.45, 7) is 3.90. The summed E-state index contributed by atoms with van der Waals surface area (Å²) in [7, 11) is 1.67. The molecule has 0 saturated carbocycles. The van der Waals surface area contributed by atoms with Crippen molar-refractivity contribution in [3.05, 3.63) is 0 Å². The van der Waals surface area contributed by atoms with Crippen LogP contribution in [0.25, 0.3) is 0 Å². The van der Waals surface area contributed by atoms with Crippen LogP contribution < -0.4 is 0 Å². The fourth-order valence-corrected chi connectivity index (χ4v) is 2.58. The molecule has 1 N–H and O–H groups in total. The highest BCUT2D eigenvalue weighted by atomic mass is 16.5. The van der Waals surface area contributed by atoms with Crippen LogP contribution in [0.4, 0.5) is 4.79 Å². The number of carbonyl (C=O) groups excluding carboxylic acids is 1. The maximum Gasteiger partial charge on any atom is 0.320 e. The fraction of sp³-hybridized carbons (Fsp3) is 0.833. The van der Waals surface area contributed by atoms with Gasteiger partial charge in [0.05, 0.1) is 12.6 Å². The molecular formula is C12H21N3O4. The number of piperazine rings is 1. The normalized spacial score (nSPS) is 24.8. The predicted molar refractivity (Wildman–Crippen MR) is 68.0 cm³/mol. The van der Waals surface area contributed by atoms with E-state index in [0.29, 0.717) is 32.7 Å². The summed E-state index contributed by atoms with van der Waals surface area (Å²) in [4.78, 5) is 28.3. The number of rotatable bonds is 3. The minimum absolute atomic E-state index is 0.0505. The summed E-state index contributed by atoms with van der Waals surface area (Å²) in [5.41, 5.74) is 0. The minimum atomic E-state index is -0.817. The quantitative estimate of drug-likeness (QED) is 0.751. The second kappa shape index (κ2) is 6.21. The third kappa shape index (κ3) is 3.57. The van der Waals surface area contributed by atoms with Crippen molar-refractivity contribution >= 4 is 12.0 Å². The van der Waals surface area contributed by atoms with E-state index in [2.05, 4.69) is 0 Å². The Morgan fingerprint density at radius 2 is 1.84 bits per heavy atom. The highest BCUT2D eigenvalue weighted by Gasteiger charge is 2.31. The van der Waals surface area contributed by atoms with Crippen LogP contribution in [-0.2, 0) is 9.53 Å². The summed E-state index contributed by atoms with van der Waals surface area (Å²) in [5.74, 6) is -0.817. The van der Waals surface area contributed by atoms with Crippen LogP contribution in [-0.4, -0.2) is 90.8 Å². The van der Waals surface area contributed by atoms with Crippen LogP contribution in [0.15, 0.2) is 0 Å². The second-order valence-electron chi connectivity index (χ2n) is 5.03. The predicted octanol–water partition coefficient (Wildman–Crippen LogP) is -0.471. The van der Waals surface area contributed by atoms with Gasteiger partial charge in [0.25, 0.3) is 0 Å². The number of carboxylic acid groups (broad SMARTS) is 1. The zero-order valence-electron chi connectivity index (χ0n) is 11.2. The van der Waals surface area contributed by atoms with Crippen molar-refractivity contribution in [2.75, 3.05) is 52.9 Å². The molecule has 2 heterocycles. The van der Waals surface area contributed by atoms with Crippen molar-refractivity contribution in [3.8, 4) is 0 Å². The van der Waals surface area contributed by atoms with Gasteiger partial charge in [-0.15, -0.1) is 0 Å². The Morgan fingerprint density at radius 3 is 2.37 bits per heavy atom. The Kier molecular flexibility index (Phi) is 4.60. The van der Waals surface area contributed by atoms with Crippen molar-refractivity contribution in [1.29, 1.82) is 0 Å². The first-order valence-electron chi connectivity index (χ1n) is 6.61. The van der Waals surface area contributed by atoms with E-state index in [-0.39, 0.29) is 18.7 Å². The molecule has 0 aliphatic carbocycles. The molecule has 1 unspecified atom stereocenters. The minimum Gasteiger partial charge on any atom is -0.480 e. The van der Waals surface area contributed by atoms with E-state index in [1.54, 1.807) is 12.0 Å². The van der Waals surface area contributed by atoms with E-state index in [4.69, 9.17) is 9.84 Å². The van der Waals surface area contributed by atoms with Gasteiger partial charge in [-0.3, -0.25) is 9.69 Å². The Hall–Kier alpha value is -1.34. The number of urea groups is 1. The first-order chi connectivity index (χ1) is 9.10. The third-order valence-electron chi connectivity index (χ3n) is 3.75. The molecule has 2 aliphatic heterocycles. The lowest BCUT2D eigenvalue weighted by Crippen LogP contribution is -2.53. The maximum atomic E-state index is 12.3. The number of ether oxygens (including phenoxy) is 1. The molecule has 2 aliphatic rings. The van der Waals surface area contributed by atoms with Crippen molar-refractivity contribution in [3.63, 3.8) is 0 Å². The molecule has 1 atom stereocenters. The molecule has 7 nitrogen and oxygen atoms in total. The van der Waals surface area contributed by atoms with E-state index in [1.807, 2.05) is 9.80 Å². The molecule has 0 aromatic carbocycles. The van der Waals surface area contributed by atoms with Crippen molar-refractivity contribution in [2.24, 2.45) is 0 Å². The molecule has 0 aromatic rings. The monoisotopic (exact) mass is 271 g/mol. The van der Waals surface area contributed by atoms with E-state index < -0.39 is 5.97 Å². The van der Waals surface area contributed by atoms with Crippen LogP contribution in [0, 0.1) is 0 Å². The van der Waals surface area contributed by atoms with Gasteiger partial charge in [0, 0.05) is 46.4 Å². The van der Waals surface area contributed by atoms with Crippen molar-refractivity contribution < 1.29 is 19.4 Å². The van der Waals surface area contributed by atoms with E-state index in [9.17, 15) is 9.59 Å². The molecule has 19 heavy (non-hydrogen) atoms. The average Bonchev–Trinajstić information content (AvgIpc) is 2.87. The Morgan fingerprint density at radius 1 is 1.16 bits per heavy atom. The molecule has 0 aromatic heterocycles. The van der Waals surface area contributed by atoms with Crippen LogP contribution in [0.5, 0.6) is 0 Å². The van der Waals surface area contributed by atoms with Crippen LogP contribution in [0.2, 0.25) is 0 Å². The fourth-order valence-electron chi connectivity index (χ4n) is 2.58. The molecule has 0 radical (unpaired) electrons. The zero-order chi connectivity index (χ0) is 13.8. The number of hydrogen-bond acceptors (Lipinski definition) is 4. The lowest BCUT2D eigenvalue weighted by atomic mass is 10.3. The summed E-state index contributed by atoms with van der Waals surface area (Å²) < 4.78 is 5.25. The number of methoxy groups -OCH3 is 1. The first-order valence-corrected chi connectivity index (χ1v) is 6.61. The number of likely N-dealkylation sites (tertiary alicyclic amines) is 1. The largest absolute Gasteiger partial charge is 0.480 e. The Balaban J connectivity index is 1.78. The first kappa shape index (κ1) is 14.1. The number of nitrogens with zero attached hydrogens (tertiary/aromatic N) is 3. The summed E-state index contributed by atoms with van der Waals surface area (Å²) in [6, 6.07) is 0.0505. The Labute approximate surface area is 112 Å². The third-order valence-corrected chi connectivity index (χ3v) is 3.75. The van der Waals surface area contributed by atoms with Gasteiger partial charge in [0.1, 0.15) is 0 Å². The van der Waals surface area contributed by atoms with Gasteiger partial charge < -0.3 is 19.6 Å². The number of carbonyl (C=O) groups is 2. The summed E-state index contributed by atoms with van der Waals surface area (Å²) in [6.07, 6.45) is 1.04. The number of aliphatic carboxylic acids is 1. The van der Waals surface area contributed by atoms with Crippen molar-refractivity contribution in [2.45, 2.75) is 12.5 Å². The van der Waals surface area contributed by atoms with Gasteiger partial charge in [-0.2, -0.15) is 0 Å². The molecular weight excluding hydrogens is 250 g/mol. The van der Waals surface area contributed by atoms with Crippen LogP contribution in [0.1, 0.15) is 6.42 Å². The van der Waals surface area contributed by atoms with E-state index >= 15 is 0 Å². The lowest BCUT2D eigenvalue weighted by Gasteiger charge is -2.35. The smallest absolute Gasteiger partial charge is 0.320 e. The average molecular weight is 271 g/mol. The zero-order valence-corrected chi connectivity index (χ0v) is 11.2. The number of hydrogen-bond donors (Lipinski definition) is 1. The van der Waals surface area contributed by atoms with Gasteiger partial charge >= 0.3 is 12.0 Å². The molecule has 2 fully saturated rings. The highest BCUT2D eigenvalue weighted by Crippen LogP contribution is 2.15. The molecule has 2 amide bonds. The van der Waals surface area contributed by atoms with E-state index in [1.165, 1.54) is 0 Å². The number of amides is 2. The van der Waals surface area contributed by atoms with Gasteiger partial charge in [0.2, 0.25) is 0 Å². The number of carboxylic acids is 1.